The molecule has 0 bridgehead atoms. The summed E-state index contributed by atoms with van der Waals surface area (Å²) < 4.78 is 13.0. The van der Waals surface area contributed by atoms with Gasteiger partial charge in [0, 0.05) is 31.5 Å². The lowest BCUT2D eigenvalue weighted by Crippen LogP contribution is -2.52. The molecule has 1 fully saturated rings. The summed E-state index contributed by atoms with van der Waals surface area (Å²) in [7, 11) is 0. The maximum absolute atomic E-state index is 13.0. The van der Waals surface area contributed by atoms with Crippen LogP contribution in [0.25, 0.3) is 0 Å². The zero-order valence-corrected chi connectivity index (χ0v) is 12.3. The number of hydrogen-bond donors (Lipinski definition) is 3. The molecule has 0 unspecified atom stereocenters. The zero-order valence-electron chi connectivity index (χ0n) is 12.3. The van der Waals surface area contributed by atoms with Crippen LogP contribution in [0, 0.1) is 5.82 Å². The minimum atomic E-state index is -1.80. The Morgan fingerprint density at radius 2 is 1.91 bits per heavy atom. The van der Waals surface area contributed by atoms with E-state index in [0.717, 1.165) is 6.07 Å². The minimum absolute atomic E-state index is 0.0636. The molecule has 1 saturated heterocycles. The fraction of sp³-hybridized carbons (Fsp3) is 0.400. The van der Waals surface area contributed by atoms with Crippen LogP contribution in [0.2, 0.25) is 0 Å². The number of nitrogens with zero attached hydrogens (tertiary/aromatic N) is 1. The first-order valence-corrected chi connectivity index (χ1v) is 7.09. The van der Waals surface area contributed by atoms with Gasteiger partial charge in [0.15, 0.2) is 5.60 Å². The van der Waals surface area contributed by atoms with Gasteiger partial charge in [0.25, 0.3) is 5.91 Å². The van der Waals surface area contributed by atoms with E-state index in [0.29, 0.717) is 0 Å². The summed E-state index contributed by atoms with van der Waals surface area (Å²) in [5.74, 6) is -2.81. The molecule has 124 valence electrons. The SMILES string of the molecule is O=C(NCC(=O)N1CCC(O)(C(=O)O)CC1)c1cccc(F)c1. The molecule has 0 spiro atoms. The van der Waals surface area contributed by atoms with Gasteiger partial charge in [0.2, 0.25) is 5.91 Å². The second-order valence-corrected chi connectivity index (χ2v) is 5.41. The first-order valence-electron chi connectivity index (χ1n) is 7.09. The summed E-state index contributed by atoms with van der Waals surface area (Å²) in [6.07, 6.45) is -0.127. The average Bonchev–Trinajstić information content (AvgIpc) is 2.52. The highest BCUT2D eigenvalue weighted by Gasteiger charge is 2.40. The summed E-state index contributed by atoms with van der Waals surface area (Å²) in [5, 5.41) is 21.1. The summed E-state index contributed by atoms with van der Waals surface area (Å²) in [6.45, 7) is -0.0875. The molecule has 0 aromatic heterocycles. The second kappa shape index (κ2) is 6.74. The van der Waals surface area contributed by atoms with Crippen molar-refractivity contribution in [3.8, 4) is 0 Å². The third-order valence-corrected chi connectivity index (χ3v) is 3.83. The predicted octanol–water partition coefficient (Wildman–Crippen LogP) is -0.00640. The third kappa shape index (κ3) is 4.04. The van der Waals surface area contributed by atoms with Crippen molar-refractivity contribution in [3.05, 3.63) is 35.6 Å². The number of amides is 2. The van der Waals surface area contributed by atoms with Crippen LogP contribution in [0.4, 0.5) is 4.39 Å². The van der Waals surface area contributed by atoms with Crippen LogP contribution in [-0.2, 0) is 9.59 Å². The Hall–Kier alpha value is -2.48. The normalized spacial score (nSPS) is 16.7. The molecule has 2 rings (SSSR count). The Morgan fingerprint density at radius 1 is 1.26 bits per heavy atom. The van der Waals surface area contributed by atoms with Crippen LogP contribution in [0.3, 0.4) is 0 Å². The second-order valence-electron chi connectivity index (χ2n) is 5.41. The molecule has 1 aliphatic rings. The molecule has 0 saturated carbocycles. The Kier molecular flexibility index (Phi) is 4.95. The minimum Gasteiger partial charge on any atom is -0.479 e. The van der Waals surface area contributed by atoms with Crippen molar-refractivity contribution in [2.75, 3.05) is 19.6 Å². The maximum Gasteiger partial charge on any atom is 0.335 e. The van der Waals surface area contributed by atoms with Gasteiger partial charge in [-0.1, -0.05) is 6.07 Å². The topological polar surface area (TPSA) is 107 Å². The molecule has 23 heavy (non-hydrogen) atoms. The number of aliphatic carboxylic acids is 1. The summed E-state index contributed by atoms with van der Waals surface area (Å²) >= 11 is 0. The number of carbonyl (C=O) groups is 3. The van der Waals surface area contributed by atoms with Gasteiger partial charge in [-0.25, -0.2) is 9.18 Å². The first-order chi connectivity index (χ1) is 10.8. The molecule has 2 amide bonds. The Labute approximate surface area is 131 Å². The predicted molar refractivity (Wildman–Crippen MR) is 77.1 cm³/mol. The Bertz CT molecular complexity index is 626. The highest BCUT2D eigenvalue weighted by molar-refractivity contribution is 5.96. The summed E-state index contributed by atoms with van der Waals surface area (Å²) in [4.78, 5) is 36.1. The lowest BCUT2D eigenvalue weighted by molar-refractivity contribution is -0.165. The van der Waals surface area contributed by atoms with E-state index < -0.39 is 23.3 Å². The van der Waals surface area contributed by atoms with Crippen molar-refractivity contribution in [3.63, 3.8) is 0 Å². The van der Waals surface area contributed by atoms with Crippen molar-refractivity contribution < 1.29 is 29.0 Å². The van der Waals surface area contributed by atoms with Gasteiger partial charge in [-0.05, 0) is 18.2 Å². The van der Waals surface area contributed by atoms with E-state index >= 15 is 0 Å². The molecule has 1 heterocycles. The molecule has 7 nitrogen and oxygen atoms in total. The third-order valence-electron chi connectivity index (χ3n) is 3.83. The Balaban J connectivity index is 1.84. The number of carboxylic acids is 1. The van der Waals surface area contributed by atoms with Gasteiger partial charge in [-0.3, -0.25) is 9.59 Å². The Morgan fingerprint density at radius 3 is 2.48 bits per heavy atom. The van der Waals surface area contributed by atoms with E-state index in [1.807, 2.05) is 0 Å². The van der Waals surface area contributed by atoms with Gasteiger partial charge in [0.1, 0.15) is 5.82 Å². The fourth-order valence-corrected chi connectivity index (χ4v) is 2.34. The van der Waals surface area contributed by atoms with E-state index in [2.05, 4.69) is 5.32 Å². The van der Waals surface area contributed by atoms with E-state index in [-0.39, 0.29) is 43.9 Å². The largest absolute Gasteiger partial charge is 0.479 e. The number of nitrogens with one attached hydrogen (secondary N) is 1. The van der Waals surface area contributed by atoms with Crippen molar-refractivity contribution in [2.45, 2.75) is 18.4 Å². The number of piperidine rings is 1. The molecule has 0 aliphatic carbocycles. The fourth-order valence-electron chi connectivity index (χ4n) is 2.34. The van der Waals surface area contributed by atoms with Crippen LogP contribution < -0.4 is 5.32 Å². The molecule has 1 aromatic rings. The van der Waals surface area contributed by atoms with Crippen molar-refractivity contribution in [1.82, 2.24) is 10.2 Å². The maximum atomic E-state index is 13.0. The van der Waals surface area contributed by atoms with Gasteiger partial charge >= 0.3 is 5.97 Å². The van der Waals surface area contributed by atoms with Crippen LogP contribution in [0.15, 0.2) is 24.3 Å². The van der Waals surface area contributed by atoms with Crippen molar-refractivity contribution in [2.24, 2.45) is 0 Å². The van der Waals surface area contributed by atoms with Crippen LogP contribution in [0.5, 0.6) is 0 Å². The standard InChI is InChI=1S/C15H17FN2O5/c16-11-3-1-2-10(8-11)13(20)17-9-12(19)18-6-4-15(23,5-7-18)14(21)22/h1-3,8,23H,4-7,9H2,(H,17,20)(H,21,22). The number of rotatable bonds is 4. The van der Waals surface area contributed by atoms with Gasteiger partial charge < -0.3 is 20.4 Å². The summed E-state index contributed by atoms with van der Waals surface area (Å²) in [6, 6.07) is 5.09. The lowest BCUT2D eigenvalue weighted by atomic mass is 9.91. The van der Waals surface area contributed by atoms with Crippen LogP contribution in [-0.4, -0.2) is 58.1 Å². The molecule has 0 radical (unpaired) electrons. The highest BCUT2D eigenvalue weighted by atomic mass is 19.1. The number of hydrogen-bond acceptors (Lipinski definition) is 4. The van der Waals surface area contributed by atoms with Crippen LogP contribution >= 0.6 is 0 Å². The van der Waals surface area contributed by atoms with E-state index in [4.69, 9.17) is 5.11 Å². The average molecular weight is 324 g/mol. The number of aliphatic hydroxyl groups is 1. The molecule has 0 atom stereocenters. The number of benzene rings is 1. The van der Waals surface area contributed by atoms with E-state index in [1.165, 1.54) is 23.1 Å². The molecular weight excluding hydrogens is 307 g/mol. The summed E-state index contributed by atoms with van der Waals surface area (Å²) in [5.41, 5.74) is -1.70. The molecular formula is C15H17FN2O5. The van der Waals surface area contributed by atoms with Gasteiger partial charge in [-0.15, -0.1) is 0 Å². The van der Waals surface area contributed by atoms with E-state index in [1.54, 1.807) is 0 Å². The first kappa shape index (κ1) is 16.9. The molecule has 1 aliphatic heterocycles. The van der Waals surface area contributed by atoms with Crippen LogP contribution in [0.1, 0.15) is 23.2 Å². The smallest absolute Gasteiger partial charge is 0.335 e. The lowest BCUT2D eigenvalue weighted by Gasteiger charge is -2.35. The number of likely N-dealkylation sites (tertiary alicyclic amines) is 1. The van der Waals surface area contributed by atoms with Gasteiger partial charge in [-0.2, -0.15) is 0 Å². The number of carbonyl (C=O) groups excluding carboxylic acids is 2. The zero-order chi connectivity index (χ0) is 17.0. The van der Waals surface area contributed by atoms with E-state index in [9.17, 15) is 23.9 Å². The highest BCUT2D eigenvalue weighted by Crippen LogP contribution is 2.22. The monoisotopic (exact) mass is 324 g/mol. The number of halogens is 1. The van der Waals surface area contributed by atoms with Gasteiger partial charge in [0.05, 0.1) is 6.54 Å². The molecule has 8 heteroatoms. The molecule has 3 N–H and O–H groups in total. The van der Waals surface area contributed by atoms with Crippen molar-refractivity contribution in [1.29, 1.82) is 0 Å². The van der Waals surface area contributed by atoms with Crippen molar-refractivity contribution >= 4 is 17.8 Å². The molecule has 1 aromatic carbocycles. The number of carboxylic acid groups (broad SMARTS) is 1. The quantitative estimate of drug-likeness (QED) is 0.722.